The molecular formula is C10H13N. The molecular weight excluding hydrogens is 134 g/mol. The minimum atomic E-state index is 1.04. The van der Waals surface area contributed by atoms with E-state index in [9.17, 15) is 0 Å². The van der Waals surface area contributed by atoms with Crippen molar-refractivity contribution >= 4 is 0 Å². The van der Waals surface area contributed by atoms with Gasteiger partial charge in [-0.15, -0.1) is 0 Å². The molecule has 58 valence electrons. The molecule has 0 bridgehead atoms. The van der Waals surface area contributed by atoms with Gasteiger partial charge in [0.2, 0.25) is 0 Å². The Kier molecular flexibility index (Phi) is 2.73. The van der Waals surface area contributed by atoms with Gasteiger partial charge in [0, 0.05) is 19.2 Å². The van der Waals surface area contributed by atoms with Gasteiger partial charge in [-0.05, 0) is 12.3 Å². The first-order valence-corrected chi connectivity index (χ1v) is 3.72. The topological polar surface area (TPSA) is 3.24 Å². The summed E-state index contributed by atoms with van der Waals surface area (Å²) in [4.78, 5) is 2.12. The van der Waals surface area contributed by atoms with Gasteiger partial charge in [0.05, 0.1) is 0 Å². The summed E-state index contributed by atoms with van der Waals surface area (Å²) in [5.41, 5.74) is 1.32. The van der Waals surface area contributed by atoms with Crippen LogP contribution in [0.5, 0.6) is 0 Å². The van der Waals surface area contributed by atoms with Crippen molar-refractivity contribution in [3.63, 3.8) is 0 Å². The molecule has 0 saturated carbocycles. The van der Waals surface area contributed by atoms with E-state index in [0.29, 0.717) is 0 Å². The van der Waals surface area contributed by atoms with Gasteiger partial charge in [0.25, 0.3) is 0 Å². The molecule has 0 N–H and O–H groups in total. The van der Waals surface area contributed by atoms with E-state index >= 15 is 0 Å². The fraction of sp³-hybridized carbons (Fsp3) is 0.200. The maximum Gasteiger partial charge on any atom is 0.0209 e. The zero-order valence-electron chi connectivity index (χ0n) is 6.83. The van der Waals surface area contributed by atoms with Crippen LogP contribution in [0.25, 0.3) is 0 Å². The third-order valence-corrected chi connectivity index (χ3v) is 1.64. The van der Waals surface area contributed by atoms with E-state index < -0.39 is 0 Å². The minimum Gasteiger partial charge on any atom is -0.354 e. The summed E-state index contributed by atoms with van der Waals surface area (Å²) in [5, 5.41) is 0. The van der Waals surface area contributed by atoms with Gasteiger partial charge in [-0.3, -0.25) is 0 Å². The van der Waals surface area contributed by atoms with E-state index in [1.165, 1.54) is 5.70 Å². The predicted octanol–water partition coefficient (Wildman–Crippen LogP) is 2.46. The van der Waals surface area contributed by atoms with Gasteiger partial charge in [-0.25, -0.2) is 0 Å². The first kappa shape index (κ1) is 7.86. The van der Waals surface area contributed by atoms with Crippen LogP contribution in [0.3, 0.4) is 0 Å². The molecule has 0 amide bonds. The zero-order chi connectivity index (χ0) is 8.10. The SMILES string of the molecule is C=C/C=C\C=C1/CC=CN1C. The molecule has 1 heteroatoms. The van der Waals surface area contributed by atoms with E-state index in [1.807, 2.05) is 12.2 Å². The number of hydrogen-bond acceptors (Lipinski definition) is 1. The highest BCUT2D eigenvalue weighted by atomic mass is 15.1. The summed E-state index contributed by atoms with van der Waals surface area (Å²) >= 11 is 0. The number of rotatable bonds is 2. The Bertz CT molecular complexity index is 221. The fourth-order valence-corrected chi connectivity index (χ4v) is 1.00. The maximum absolute atomic E-state index is 3.60. The zero-order valence-corrected chi connectivity index (χ0v) is 6.83. The average molecular weight is 147 g/mol. The van der Waals surface area contributed by atoms with Gasteiger partial charge in [0.1, 0.15) is 0 Å². The van der Waals surface area contributed by atoms with Crippen molar-refractivity contribution in [3.8, 4) is 0 Å². The largest absolute Gasteiger partial charge is 0.354 e. The lowest BCUT2D eigenvalue weighted by molar-refractivity contribution is 0.585. The Morgan fingerprint density at radius 3 is 2.91 bits per heavy atom. The lowest BCUT2D eigenvalue weighted by Crippen LogP contribution is -2.03. The molecule has 0 aromatic carbocycles. The van der Waals surface area contributed by atoms with E-state index in [0.717, 1.165) is 6.42 Å². The number of nitrogens with zero attached hydrogens (tertiary/aromatic N) is 1. The van der Waals surface area contributed by atoms with Gasteiger partial charge < -0.3 is 4.90 Å². The second-order valence-corrected chi connectivity index (χ2v) is 2.48. The monoisotopic (exact) mass is 147 g/mol. The first-order valence-electron chi connectivity index (χ1n) is 3.72. The van der Waals surface area contributed by atoms with Crippen LogP contribution in [0, 0.1) is 0 Å². The molecule has 11 heavy (non-hydrogen) atoms. The molecule has 0 spiro atoms. The van der Waals surface area contributed by atoms with E-state index in [4.69, 9.17) is 0 Å². The highest BCUT2D eigenvalue weighted by Crippen LogP contribution is 2.15. The maximum atomic E-state index is 3.60. The number of hydrogen-bond donors (Lipinski definition) is 0. The number of allylic oxidation sites excluding steroid dienone is 5. The Morgan fingerprint density at radius 1 is 1.55 bits per heavy atom. The van der Waals surface area contributed by atoms with E-state index in [2.05, 4.69) is 36.9 Å². The summed E-state index contributed by atoms with van der Waals surface area (Å²) in [6.45, 7) is 3.60. The Hall–Kier alpha value is -1.24. The molecule has 1 heterocycles. The molecule has 0 radical (unpaired) electrons. The van der Waals surface area contributed by atoms with E-state index in [-0.39, 0.29) is 0 Å². The van der Waals surface area contributed by atoms with Crippen LogP contribution in [0.2, 0.25) is 0 Å². The molecule has 0 atom stereocenters. The molecule has 0 aromatic rings. The molecule has 1 nitrogen and oxygen atoms in total. The fourth-order valence-electron chi connectivity index (χ4n) is 1.00. The second-order valence-electron chi connectivity index (χ2n) is 2.48. The average Bonchev–Trinajstić information content (AvgIpc) is 2.37. The third kappa shape index (κ3) is 2.11. The predicted molar refractivity (Wildman–Crippen MR) is 48.9 cm³/mol. The van der Waals surface area contributed by atoms with Crippen LogP contribution in [0.15, 0.2) is 48.9 Å². The van der Waals surface area contributed by atoms with Crippen LogP contribution in [-0.4, -0.2) is 11.9 Å². The van der Waals surface area contributed by atoms with Crippen molar-refractivity contribution in [2.24, 2.45) is 0 Å². The Morgan fingerprint density at radius 2 is 2.36 bits per heavy atom. The lowest BCUT2D eigenvalue weighted by Gasteiger charge is -2.09. The standard InChI is InChI=1S/C10H13N/c1-3-4-5-7-10-8-6-9-11(10)2/h3-7,9H,1,8H2,2H3/b5-4-,10-7+. The van der Waals surface area contributed by atoms with Crippen LogP contribution in [0.4, 0.5) is 0 Å². The van der Waals surface area contributed by atoms with Crippen molar-refractivity contribution in [3.05, 3.63) is 48.9 Å². The van der Waals surface area contributed by atoms with Crippen molar-refractivity contribution in [2.75, 3.05) is 7.05 Å². The molecule has 0 aliphatic carbocycles. The molecule has 0 saturated heterocycles. The summed E-state index contributed by atoms with van der Waals surface area (Å²) < 4.78 is 0. The summed E-state index contributed by atoms with van der Waals surface area (Å²) in [5.74, 6) is 0. The molecule has 0 unspecified atom stereocenters. The molecule has 0 fully saturated rings. The van der Waals surface area contributed by atoms with Crippen molar-refractivity contribution in [1.82, 2.24) is 4.90 Å². The van der Waals surface area contributed by atoms with Crippen molar-refractivity contribution in [2.45, 2.75) is 6.42 Å². The van der Waals surface area contributed by atoms with Gasteiger partial charge in [0.15, 0.2) is 0 Å². The molecule has 1 aliphatic heterocycles. The minimum absolute atomic E-state index is 1.04. The summed E-state index contributed by atoms with van der Waals surface area (Å²) in [6, 6.07) is 0. The van der Waals surface area contributed by atoms with Crippen LogP contribution < -0.4 is 0 Å². The molecule has 0 aromatic heterocycles. The van der Waals surface area contributed by atoms with Gasteiger partial charge >= 0.3 is 0 Å². The highest BCUT2D eigenvalue weighted by Gasteiger charge is 2.03. The van der Waals surface area contributed by atoms with Crippen LogP contribution in [-0.2, 0) is 0 Å². The molecule has 1 aliphatic rings. The smallest absolute Gasteiger partial charge is 0.0209 e. The lowest BCUT2D eigenvalue weighted by atomic mass is 10.3. The second kappa shape index (κ2) is 3.81. The normalized spacial score (nSPS) is 20.5. The highest BCUT2D eigenvalue weighted by molar-refractivity contribution is 5.21. The van der Waals surface area contributed by atoms with Gasteiger partial charge in [-0.1, -0.05) is 30.9 Å². The van der Waals surface area contributed by atoms with Crippen LogP contribution >= 0.6 is 0 Å². The van der Waals surface area contributed by atoms with E-state index in [1.54, 1.807) is 6.08 Å². The summed E-state index contributed by atoms with van der Waals surface area (Å²) in [6.07, 6.45) is 13.1. The Balaban J connectivity index is 2.54. The van der Waals surface area contributed by atoms with Crippen molar-refractivity contribution < 1.29 is 0 Å². The molecule has 1 rings (SSSR count). The quantitative estimate of drug-likeness (QED) is 0.542. The first-order chi connectivity index (χ1) is 5.34. The van der Waals surface area contributed by atoms with Gasteiger partial charge in [-0.2, -0.15) is 0 Å². The third-order valence-electron chi connectivity index (χ3n) is 1.64. The van der Waals surface area contributed by atoms with Crippen molar-refractivity contribution in [1.29, 1.82) is 0 Å². The van der Waals surface area contributed by atoms with Crippen LogP contribution in [0.1, 0.15) is 6.42 Å². The summed E-state index contributed by atoms with van der Waals surface area (Å²) in [7, 11) is 2.05. The Labute approximate surface area is 68.0 Å².